The number of aliphatic imine (C=N–C) groups is 1. The van der Waals surface area contributed by atoms with E-state index in [1.807, 2.05) is 13.0 Å². The Morgan fingerprint density at radius 1 is 1.29 bits per heavy atom. The second-order valence-corrected chi connectivity index (χ2v) is 8.51. The Hall–Kier alpha value is -2.58. The number of rotatable bonds is 5. The van der Waals surface area contributed by atoms with Gasteiger partial charge < -0.3 is 10.2 Å². The van der Waals surface area contributed by atoms with Crippen LogP contribution < -0.4 is 5.32 Å². The van der Waals surface area contributed by atoms with Crippen molar-refractivity contribution in [2.24, 2.45) is 4.99 Å². The number of likely N-dealkylation sites (tertiary alicyclic amines) is 1. The van der Waals surface area contributed by atoms with Gasteiger partial charge in [-0.1, -0.05) is 24.6 Å². The molecule has 6 nitrogen and oxygen atoms in total. The summed E-state index contributed by atoms with van der Waals surface area (Å²) in [5.74, 6) is 2.14. The van der Waals surface area contributed by atoms with Crippen molar-refractivity contribution in [3.8, 4) is 0 Å². The third-order valence-electron chi connectivity index (χ3n) is 6.59. The van der Waals surface area contributed by atoms with Gasteiger partial charge in [-0.05, 0) is 44.2 Å². The number of hydrogen-bond acceptors (Lipinski definition) is 3. The molecule has 0 spiro atoms. The second kappa shape index (κ2) is 8.88. The molecule has 1 saturated carbocycles. The number of piperidine rings is 1. The van der Waals surface area contributed by atoms with Crippen LogP contribution in [0.2, 0.25) is 0 Å². The molecular weight excluding hydrogens is 405 g/mol. The molecule has 4 rings (SSSR count). The van der Waals surface area contributed by atoms with Crippen LogP contribution in [0.25, 0.3) is 0 Å². The van der Waals surface area contributed by atoms with Gasteiger partial charge in [-0.2, -0.15) is 18.3 Å². The van der Waals surface area contributed by atoms with E-state index in [9.17, 15) is 13.2 Å². The van der Waals surface area contributed by atoms with Gasteiger partial charge in [0.05, 0.1) is 12.1 Å². The lowest BCUT2D eigenvalue weighted by Gasteiger charge is -2.42. The quantitative estimate of drug-likeness (QED) is 0.549. The number of benzene rings is 1. The predicted octanol–water partition coefficient (Wildman–Crippen LogP) is 4.09. The van der Waals surface area contributed by atoms with Gasteiger partial charge in [0.25, 0.3) is 0 Å². The van der Waals surface area contributed by atoms with Crippen LogP contribution in [0, 0.1) is 0 Å². The fourth-order valence-corrected chi connectivity index (χ4v) is 4.60. The van der Waals surface area contributed by atoms with Gasteiger partial charge >= 0.3 is 6.18 Å². The zero-order chi connectivity index (χ0) is 21.9. The molecule has 31 heavy (non-hydrogen) atoms. The summed E-state index contributed by atoms with van der Waals surface area (Å²) in [4.78, 5) is 11.4. The summed E-state index contributed by atoms with van der Waals surface area (Å²) in [6.45, 7) is 4.99. The predicted molar refractivity (Wildman–Crippen MR) is 113 cm³/mol. The molecule has 2 heterocycles. The Morgan fingerprint density at radius 2 is 2.06 bits per heavy atom. The first kappa shape index (κ1) is 21.6. The molecule has 2 fully saturated rings. The Labute approximate surface area is 180 Å². The van der Waals surface area contributed by atoms with Crippen LogP contribution in [0.15, 0.2) is 35.6 Å². The summed E-state index contributed by atoms with van der Waals surface area (Å²) in [5.41, 5.74) is -0.140. The van der Waals surface area contributed by atoms with Crippen molar-refractivity contribution in [2.45, 2.75) is 56.5 Å². The molecule has 1 saturated heterocycles. The molecule has 168 valence electrons. The topological polar surface area (TPSA) is 69.2 Å². The molecule has 0 unspecified atom stereocenters. The van der Waals surface area contributed by atoms with Crippen LogP contribution in [0.3, 0.4) is 0 Å². The lowest BCUT2D eigenvalue weighted by molar-refractivity contribution is -0.137. The summed E-state index contributed by atoms with van der Waals surface area (Å²) in [6, 6.07) is 5.79. The number of hydrogen-bond donors (Lipinski definition) is 2. The first-order chi connectivity index (χ1) is 14.9. The zero-order valence-electron chi connectivity index (χ0n) is 17.8. The van der Waals surface area contributed by atoms with E-state index in [4.69, 9.17) is 4.99 Å². The van der Waals surface area contributed by atoms with Gasteiger partial charge in [0.15, 0.2) is 5.96 Å². The van der Waals surface area contributed by atoms with Crippen molar-refractivity contribution < 1.29 is 13.2 Å². The molecule has 9 heteroatoms. The number of nitrogens with zero attached hydrogens (tertiary/aromatic N) is 4. The van der Waals surface area contributed by atoms with E-state index in [1.165, 1.54) is 12.1 Å². The summed E-state index contributed by atoms with van der Waals surface area (Å²) < 4.78 is 39.6. The van der Waals surface area contributed by atoms with E-state index in [0.29, 0.717) is 12.5 Å². The van der Waals surface area contributed by atoms with Gasteiger partial charge in [0.1, 0.15) is 12.2 Å². The van der Waals surface area contributed by atoms with E-state index < -0.39 is 11.7 Å². The summed E-state index contributed by atoms with van der Waals surface area (Å²) in [7, 11) is 0. The first-order valence-corrected chi connectivity index (χ1v) is 11.0. The highest BCUT2D eigenvalue weighted by molar-refractivity contribution is 5.80. The summed E-state index contributed by atoms with van der Waals surface area (Å²) in [5, 5.41) is 10.3. The molecule has 1 aliphatic carbocycles. The Balaban J connectivity index is 1.48. The Kier molecular flexibility index (Phi) is 6.20. The largest absolute Gasteiger partial charge is 0.416 e. The highest BCUT2D eigenvalue weighted by atomic mass is 19.4. The monoisotopic (exact) mass is 434 g/mol. The van der Waals surface area contributed by atoms with Gasteiger partial charge in [-0.25, -0.2) is 4.98 Å². The van der Waals surface area contributed by atoms with Gasteiger partial charge in [0.2, 0.25) is 0 Å². The smallest absolute Gasteiger partial charge is 0.357 e. The normalized spacial score (nSPS) is 19.9. The standard InChI is InChI=1S/C22H29F3N6/c1-2-26-20(31-11-7-16(8-12-31)19-28-15-29-30-19)27-14-21(9-4-10-21)17-5-3-6-18(13-17)22(23,24)25/h3,5-6,13,15-16H,2,4,7-12,14H2,1H3,(H,26,27)(H,28,29,30). The van der Waals surface area contributed by atoms with Crippen molar-refractivity contribution >= 4 is 5.96 Å². The maximum absolute atomic E-state index is 13.2. The fraction of sp³-hybridized carbons (Fsp3) is 0.591. The second-order valence-electron chi connectivity index (χ2n) is 8.51. The number of aromatic amines is 1. The van der Waals surface area contributed by atoms with Crippen molar-refractivity contribution in [1.82, 2.24) is 25.4 Å². The molecular formula is C22H29F3N6. The zero-order valence-corrected chi connectivity index (χ0v) is 17.8. The fourth-order valence-electron chi connectivity index (χ4n) is 4.60. The minimum atomic E-state index is -4.33. The van der Waals surface area contributed by atoms with Crippen LogP contribution in [-0.4, -0.2) is 52.2 Å². The highest BCUT2D eigenvalue weighted by Gasteiger charge is 2.40. The van der Waals surface area contributed by atoms with Crippen LogP contribution in [0.5, 0.6) is 0 Å². The van der Waals surface area contributed by atoms with E-state index in [1.54, 1.807) is 6.33 Å². The third-order valence-corrected chi connectivity index (χ3v) is 6.59. The molecule has 0 bridgehead atoms. The number of guanidine groups is 1. The number of alkyl halides is 3. The SMILES string of the molecule is CCNC(=NCC1(c2cccc(C(F)(F)F)c2)CCC1)N1CCC(c2ncn[nH]2)CC1. The minimum Gasteiger partial charge on any atom is -0.357 e. The molecule has 0 atom stereocenters. The van der Waals surface area contributed by atoms with Gasteiger partial charge in [0, 0.05) is 31.0 Å². The molecule has 1 aromatic carbocycles. The van der Waals surface area contributed by atoms with Crippen molar-refractivity contribution in [3.63, 3.8) is 0 Å². The van der Waals surface area contributed by atoms with Crippen LogP contribution in [0.4, 0.5) is 13.2 Å². The highest BCUT2D eigenvalue weighted by Crippen LogP contribution is 2.45. The van der Waals surface area contributed by atoms with Crippen molar-refractivity contribution in [3.05, 3.63) is 47.5 Å². The molecule has 1 aliphatic heterocycles. The first-order valence-electron chi connectivity index (χ1n) is 11.0. The number of nitrogens with one attached hydrogen (secondary N) is 2. The van der Waals surface area contributed by atoms with Gasteiger partial charge in [-0.15, -0.1) is 0 Å². The molecule has 1 aromatic heterocycles. The maximum atomic E-state index is 13.2. The molecule has 2 N–H and O–H groups in total. The van der Waals surface area contributed by atoms with E-state index in [0.717, 1.165) is 75.2 Å². The Bertz CT molecular complexity index is 881. The van der Waals surface area contributed by atoms with Crippen LogP contribution in [-0.2, 0) is 11.6 Å². The third kappa shape index (κ3) is 4.70. The lowest BCUT2D eigenvalue weighted by atomic mass is 9.64. The molecule has 0 radical (unpaired) electrons. The number of aromatic nitrogens is 3. The van der Waals surface area contributed by atoms with E-state index in [-0.39, 0.29) is 5.41 Å². The molecule has 0 amide bonds. The molecule has 2 aliphatic rings. The summed E-state index contributed by atoms with van der Waals surface area (Å²) in [6.07, 6.45) is 1.88. The van der Waals surface area contributed by atoms with Crippen LogP contribution >= 0.6 is 0 Å². The average molecular weight is 435 g/mol. The minimum absolute atomic E-state index is 0.305. The van der Waals surface area contributed by atoms with Crippen molar-refractivity contribution in [1.29, 1.82) is 0 Å². The van der Waals surface area contributed by atoms with E-state index in [2.05, 4.69) is 25.4 Å². The van der Waals surface area contributed by atoms with Gasteiger partial charge in [-0.3, -0.25) is 10.1 Å². The lowest BCUT2D eigenvalue weighted by Crippen LogP contribution is -2.46. The number of H-pyrrole nitrogens is 1. The van der Waals surface area contributed by atoms with E-state index >= 15 is 0 Å². The maximum Gasteiger partial charge on any atom is 0.416 e. The number of halogens is 3. The molecule has 2 aromatic rings. The van der Waals surface area contributed by atoms with Crippen molar-refractivity contribution in [2.75, 3.05) is 26.2 Å². The Morgan fingerprint density at radius 3 is 2.65 bits per heavy atom. The summed E-state index contributed by atoms with van der Waals surface area (Å²) >= 11 is 0. The average Bonchev–Trinajstić information content (AvgIpc) is 3.27. The van der Waals surface area contributed by atoms with Crippen LogP contribution in [0.1, 0.15) is 61.9 Å².